The molecule has 1 rings (SSSR count). The molecule has 2 N–H and O–H groups in total. The lowest BCUT2D eigenvalue weighted by Gasteiger charge is -2.19. The fraction of sp³-hybridized carbons (Fsp3) is 0.364. The fourth-order valence-corrected chi connectivity index (χ4v) is 1.26. The van der Waals surface area contributed by atoms with Gasteiger partial charge >= 0.3 is 5.97 Å². The predicted molar refractivity (Wildman–Crippen MR) is 62.6 cm³/mol. The Morgan fingerprint density at radius 1 is 1.44 bits per heavy atom. The number of nitrogens with zero attached hydrogens (tertiary/aromatic N) is 1. The van der Waals surface area contributed by atoms with Crippen LogP contribution in [0.4, 0.5) is 15.8 Å². The van der Waals surface area contributed by atoms with E-state index in [1.165, 1.54) is 0 Å². The van der Waals surface area contributed by atoms with Crippen molar-refractivity contribution in [1.29, 1.82) is 0 Å². The number of carbonyl (C=O) groups excluding carboxylic acids is 1. The summed E-state index contributed by atoms with van der Waals surface area (Å²) < 4.78 is 18.2. The zero-order valence-corrected chi connectivity index (χ0v) is 10.2. The van der Waals surface area contributed by atoms with Gasteiger partial charge in [0.2, 0.25) is 0 Å². The molecule has 0 spiro atoms. The molecule has 18 heavy (non-hydrogen) atoms. The van der Waals surface area contributed by atoms with Gasteiger partial charge in [0.05, 0.1) is 16.6 Å². The average Bonchev–Trinajstić information content (AvgIpc) is 2.17. The SMILES string of the molecule is CC(C)(C)OC(=O)c1cc(F)cc([N+](=O)[O-])c1N. The van der Waals surface area contributed by atoms with Gasteiger partial charge < -0.3 is 10.5 Å². The molecular formula is C11H13FN2O4. The van der Waals surface area contributed by atoms with E-state index in [-0.39, 0.29) is 5.56 Å². The van der Waals surface area contributed by atoms with Crippen molar-refractivity contribution >= 4 is 17.3 Å². The molecule has 0 aliphatic carbocycles. The Hall–Kier alpha value is -2.18. The van der Waals surface area contributed by atoms with Crippen LogP contribution in [0, 0.1) is 15.9 Å². The van der Waals surface area contributed by atoms with Crippen molar-refractivity contribution in [3.05, 3.63) is 33.6 Å². The first-order valence-corrected chi connectivity index (χ1v) is 5.08. The van der Waals surface area contributed by atoms with Gasteiger partial charge in [-0.25, -0.2) is 9.18 Å². The van der Waals surface area contributed by atoms with Gasteiger partial charge in [0, 0.05) is 0 Å². The smallest absolute Gasteiger partial charge is 0.341 e. The van der Waals surface area contributed by atoms with E-state index >= 15 is 0 Å². The molecular weight excluding hydrogens is 243 g/mol. The summed E-state index contributed by atoms with van der Waals surface area (Å²) in [6.07, 6.45) is 0. The molecule has 0 aromatic heterocycles. The summed E-state index contributed by atoms with van der Waals surface area (Å²) >= 11 is 0. The summed E-state index contributed by atoms with van der Waals surface area (Å²) in [7, 11) is 0. The number of nitrogen functional groups attached to an aromatic ring is 1. The second-order valence-electron chi connectivity index (χ2n) is 4.65. The highest BCUT2D eigenvalue weighted by Gasteiger charge is 2.25. The largest absolute Gasteiger partial charge is 0.456 e. The van der Waals surface area contributed by atoms with E-state index in [0.29, 0.717) is 6.07 Å². The van der Waals surface area contributed by atoms with Crippen molar-refractivity contribution < 1.29 is 18.8 Å². The number of nitro groups is 1. The van der Waals surface area contributed by atoms with Gasteiger partial charge in [-0.1, -0.05) is 0 Å². The molecule has 0 heterocycles. The first-order chi connectivity index (χ1) is 8.11. The van der Waals surface area contributed by atoms with Crippen molar-refractivity contribution in [2.75, 3.05) is 5.73 Å². The highest BCUT2D eigenvalue weighted by molar-refractivity contribution is 5.97. The second kappa shape index (κ2) is 4.59. The zero-order chi connectivity index (χ0) is 14.1. The maximum Gasteiger partial charge on any atom is 0.341 e. The third kappa shape index (κ3) is 3.16. The lowest BCUT2D eigenvalue weighted by Crippen LogP contribution is -2.24. The van der Waals surface area contributed by atoms with Crippen LogP contribution in [0.3, 0.4) is 0 Å². The van der Waals surface area contributed by atoms with E-state index in [1.54, 1.807) is 20.8 Å². The van der Waals surface area contributed by atoms with Gasteiger partial charge in [-0.2, -0.15) is 0 Å². The molecule has 0 saturated carbocycles. The number of nitro benzene ring substituents is 1. The van der Waals surface area contributed by atoms with Crippen LogP contribution in [0.1, 0.15) is 31.1 Å². The van der Waals surface area contributed by atoms with E-state index in [2.05, 4.69) is 0 Å². The summed E-state index contributed by atoms with van der Waals surface area (Å²) in [5, 5.41) is 10.6. The molecule has 0 amide bonds. The number of nitrogens with two attached hydrogens (primary N) is 1. The Balaban J connectivity index is 3.25. The molecule has 0 aliphatic heterocycles. The number of carbonyl (C=O) groups is 1. The van der Waals surface area contributed by atoms with Crippen molar-refractivity contribution in [2.45, 2.75) is 26.4 Å². The van der Waals surface area contributed by atoms with Crippen LogP contribution in [0.5, 0.6) is 0 Å². The van der Waals surface area contributed by atoms with Gasteiger partial charge in [0.15, 0.2) is 0 Å². The number of halogens is 1. The third-order valence-electron chi connectivity index (χ3n) is 1.94. The molecule has 0 saturated heterocycles. The van der Waals surface area contributed by atoms with Gasteiger partial charge in [-0.3, -0.25) is 10.1 Å². The van der Waals surface area contributed by atoms with Gasteiger partial charge in [-0.05, 0) is 26.8 Å². The molecule has 6 nitrogen and oxygen atoms in total. The summed E-state index contributed by atoms with van der Waals surface area (Å²) in [5.74, 6) is -1.82. The fourth-order valence-electron chi connectivity index (χ4n) is 1.26. The van der Waals surface area contributed by atoms with Crippen molar-refractivity contribution in [1.82, 2.24) is 0 Å². The van der Waals surface area contributed by atoms with Crippen LogP contribution in [0.15, 0.2) is 12.1 Å². The molecule has 1 aromatic carbocycles. The zero-order valence-electron chi connectivity index (χ0n) is 10.2. The molecule has 98 valence electrons. The third-order valence-corrected chi connectivity index (χ3v) is 1.94. The number of anilines is 1. The van der Waals surface area contributed by atoms with Crippen molar-refractivity contribution in [2.24, 2.45) is 0 Å². The quantitative estimate of drug-likeness (QED) is 0.379. The van der Waals surface area contributed by atoms with E-state index in [0.717, 1.165) is 6.07 Å². The van der Waals surface area contributed by atoms with Gasteiger partial charge in [0.25, 0.3) is 5.69 Å². The minimum atomic E-state index is -0.920. The van der Waals surface area contributed by atoms with Crippen LogP contribution in [-0.4, -0.2) is 16.5 Å². The van der Waals surface area contributed by atoms with Crippen LogP contribution in [0.2, 0.25) is 0 Å². The van der Waals surface area contributed by atoms with Crippen molar-refractivity contribution in [3.8, 4) is 0 Å². The van der Waals surface area contributed by atoms with Gasteiger partial charge in [0.1, 0.15) is 17.1 Å². The first kappa shape index (κ1) is 13.9. The Morgan fingerprint density at radius 2 is 2.00 bits per heavy atom. The molecule has 7 heteroatoms. The summed E-state index contributed by atoms with van der Waals surface area (Å²) in [6, 6.07) is 1.47. The Labute approximate surface area is 103 Å². The lowest BCUT2D eigenvalue weighted by molar-refractivity contribution is -0.384. The first-order valence-electron chi connectivity index (χ1n) is 5.08. The number of hydrogen-bond acceptors (Lipinski definition) is 5. The van der Waals surface area contributed by atoms with E-state index in [4.69, 9.17) is 10.5 Å². The number of hydrogen-bond donors (Lipinski definition) is 1. The highest BCUT2D eigenvalue weighted by atomic mass is 19.1. The van der Waals surface area contributed by atoms with Crippen LogP contribution in [-0.2, 0) is 4.74 Å². The number of benzene rings is 1. The maximum absolute atomic E-state index is 13.2. The summed E-state index contributed by atoms with van der Waals surface area (Å²) in [5.41, 5.74) is 3.25. The standard InChI is InChI=1S/C11H13FN2O4/c1-11(2,3)18-10(15)7-4-6(12)5-8(9(7)13)14(16)17/h4-5H,13H2,1-3H3. The molecule has 1 aromatic rings. The van der Waals surface area contributed by atoms with Crippen LogP contribution in [0.25, 0.3) is 0 Å². The molecule has 0 atom stereocenters. The minimum absolute atomic E-state index is 0.350. The Kier molecular flexibility index (Phi) is 3.54. The summed E-state index contributed by atoms with van der Waals surface area (Å²) in [6.45, 7) is 4.86. The van der Waals surface area contributed by atoms with E-state index in [9.17, 15) is 19.3 Å². The second-order valence-corrected chi connectivity index (χ2v) is 4.65. The molecule has 0 fully saturated rings. The minimum Gasteiger partial charge on any atom is -0.456 e. The number of rotatable bonds is 2. The van der Waals surface area contributed by atoms with Crippen LogP contribution < -0.4 is 5.73 Å². The normalized spacial score (nSPS) is 11.1. The maximum atomic E-state index is 13.2. The Morgan fingerprint density at radius 3 is 2.44 bits per heavy atom. The molecule has 0 radical (unpaired) electrons. The summed E-state index contributed by atoms with van der Waals surface area (Å²) in [4.78, 5) is 21.5. The van der Waals surface area contributed by atoms with Crippen molar-refractivity contribution in [3.63, 3.8) is 0 Å². The topological polar surface area (TPSA) is 95.5 Å². The van der Waals surface area contributed by atoms with E-state index in [1.807, 2.05) is 0 Å². The Bertz CT molecular complexity index is 509. The predicted octanol–water partition coefficient (Wildman–Crippen LogP) is 2.27. The number of esters is 1. The molecule has 0 aliphatic rings. The average molecular weight is 256 g/mol. The monoisotopic (exact) mass is 256 g/mol. The van der Waals surface area contributed by atoms with E-state index < -0.39 is 33.7 Å². The van der Waals surface area contributed by atoms with Gasteiger partial charge in [-0.15, -0.1) is 0 Å². The van der Waals surface area contributed by atoms with Crippen LogP contribution >= 0.6 is 0 Å². The molecule has 0 unspecified atom stereocenters. The number of ether oxygens (including phenoxy) is 1. The highest BCUT2D eigenvalue weighted by Crippen LogP contribution is 2.28. The molecule has 0 bridgehead atoms. The lowest BCUT2D eigenvalue weighted by atomic mass is 10.1.